The van der Waals surface area contributed by atoms with Gasteiger partial charge in [-0.3, -0.25) is 0 Å². The van der Waals surface area contributed by atoms with Gasteiger partial charge in [0.05, 0.1) is 0 Å². The van der Waals surface area contributed by atoms with Gasteiger partial charge in [-0.1, -0.05) is 29.8 Å². The third kappa shape index (κ3) is 4.50. The molecule has 0 aliphatic carbocycles. The summed E-state index contributed by atoms with van der Waals surface area (Å²) in [6, 6.07) is 13.7. The first kappa shape index (κ1) is 14.2. The van der Waals surface area contributed by atoms with Crippen LogP contribution in [0.3, 0.4) is 0 Å². The van der Waals surface area contributed by atoms with Crippen molar-refractivity contribution in [2.75, 3.05) is 5.32 Å². The average molecular weight is 281 g/mol. The highest BCUT2D eigenvalue weighted by molar-refractivity contribution is 5.47. The third-order valence-corrected chi connectivity index (χ3v) is 2.67. The molecule has 0 amide bonds. The predicted octanol–water partition coefficient (Wildman–Crippen LogP) is 4.51. The number of nitrogens with one attached hydrogen (secondary N) is 1. The molecule has 2 nitrogen and oxygen atoms in total. The number of benzene rings is 2. The molecule has 2 rings (SSSR count). The van der Waals surface area contributed by atoms with E-state index in [1.54, 1.807) is 12.1 Å². The number of aryl methyl sites for hydroxylation is 1. The Morgan fingerprint density at radius 2 is 1.75 bits per heavy atom. The Hall–Kier alpha value is -2.17. The Morgan fingerprint density at radius 1 is 1.05 bits per heavy atom. The van der Waals surface area contributed by atoms with E-state index >= 15 is 0 Å². The molecule has 5 heteroatoms. The van der Waals surface area contributed by atoms with E-state index in [0.717, 1.165) is 11.3 Å². The molecule has 0 fully saturated rings. The normalized spacial score (nSPS) is 11.2. The van der Waals surface area contributed by atoms with Crippen LogP contribution in [0.2, 0.25) is 0 Å². The Balaban J connectivity index is 1.94. The van der Waals surface area contributed by atoms with Crippen molar-refractivity contribution in [1.82, 2.24) is 0 Å². The van der Waals surface area contributed by atoms with Crippen molar-refractivity contribution >= 4 is 5.69 Å². The number of hydrogen-bond acceptors (Lipinski definition) is 2. The van der Waals surface area contributed by atoms with E-state index in [1.165, 1.54) is 17.7 Å². The number of anilines is 1. The summed E-state index contributed by atoms with van der Waals surface area (Å²) < 4.78 is 39.8. The lowest BCUT2D eigenvalue weighted by atomic mass is 10.1. The highest BCUT2D eigenvalue weighted by atomic mass is 19.4. The van der Waals surface area contributed by atoms with Gasteiger partial charge < -0.3 is 10.1 Å². The third-order valence-electron chi connectivity index (χ3n) is 2.67. The fourth-order valence-electron chi connectivity index (χ4n) is 1.80. The second kappa shape index (κ2) is 5.86. The van der Waals surface area contributed by atoms with Crippen LogP contribution < -0.4 is 10.1 Å². The molecule has 106 valence electrons. The Morgan fingerprint density at radius 3 is 2.35 bits per heavy atom. The average Bonchev–Trinajstić information content (AvgIpc) is 2.36. The summed E-state index contributed by atoms with van der Waals surface area (Å²) in [7, 11) is 0. The summed E-state index contributed by atoms with van der Waals surface area (Å²) in [5, 5.41) is 3.14. The smallest absolute Gasteiger partial charge is 0.406 e. The minimum Gasteiger partial charge on any atom is -0.406 e. The Bertz CT molecular complexity index is 564. The maximum atomic E-state index is 12.0. The number of hydrogen-bond donors (Lipinski definition) is 1. The van der Waals surface area contributed by atoms with Crippen LogP contribution in [0.25, 0.3) is 0 Å². The maximum Gasteiger partial charge on any atom is 0.573 e. The van der Waals surface area contributed by atoms with Crippen LogP contribution in [0.4, 0.5) is 18.9 Å². The minimum atomic E-state index is -4.66. The quantitative estimate of drug-likeness (QED) is 0.890. The Kier molecular flexibility index (Phi) is 4.17. The van der Waals surface area contributed by atoms with Gasteiger partial charge in [0.2, 0.25) is 0 Å². The molecular weight excluding hydrogens is 267 g/mol. The van der Waals surface area contributed by atoms with Gasteiger partial charge in [0.25, 0.3) is 0 Å². The van der Waals surface area contributed by atoms with Gasteiger partial charge in [0.1, 0.15) is 5.75 Å². The number of ether oxygens (including phenoxy) is 1. The number of halogens is 3. The van der Waals surface area contributed by atoms with Crippen LogP contribution >= 0.6 is 0 Å². The van der Waals surface area contributed by atoms with Gasteiger partial charge in [-0.05, 0) is 36.8 Å². The summed E-state index contributed by atoms with van der Waals surface area (Å²) >= 11 is 0. The van der Waals surface area contributed by atoms with Gasteiger partial charge >= 0.3 is 6.36 Å². The highest BCUT2D eigenvalue weighted by Gasteiger charge is 2.30. The fourth-order valence-corrected chi connectivity index (χ4v) is 1.80. The van der Waals surface area contributed by atoms with Gasteiger partial charge in [0, 0.05) is 12.2 Å². The first-order valence-corrected chi connectivity index (χ1v) is 6.08. The van der Waals surface area contributed by atoms with Crippen LogP contribution in [0.15, 0.2) is 48.5 Å². The summed E-state index contributed by atoms with van der Waals surface area (Å²) in [4.78, 5) is 0. The van der Waals surface area contributed by atoms with Gasteiger partial charge in [0.15, 0.2) is 0 Å². The van der Waals surface area contributed by atoms with E-state index < -0.39 is 6.36 Å². The van der Waals surface area contributed by atoms with Gasteiger partial charge in [-0.2, -0.15) is 0 Å². The Labute approximate surface area is 115 Å². The minimum absolute atomic E-state index is 0.224. The maximum absolute atomic E-state index is 12.0. The van der Waals surface area contributed by atoms with Crippen molar-refractivity contribution in [1.29, 1.82) is 0 Å². The zero-order chi connectivity index (χ0) is 14.6. The van der Waals surface area contributed by atoms with E-state index in [1.807, 2.05) is 31.2 Å². The zero-order valence-corrected chi connectivity index (χ0v) is 10.9. The monoisotopic (exact) mass is 281 g/mol. The first-order chi connectivity index (χ1) is 9.42. The molecule has 0 heterocycles. The molecule has 2 aromatic rings. The summed E-state index contributed by atoms with van der Waals surface area (Å²) in [6.45, 7) is 2.62. The molecule has 0 spiro atoms. The fraction of sp³-hybridized carbons (Fsp3) is 0.200. The molecule has 0 radical (unpaired) electrons. The first-order valence-electron chi connectivity index (χ1n) is 6.08. The molecule has 0 saturated carbocycles. The highest BCUT2D eigenvalue weighted by Crippen LogP contribution is 2.24. The van der Waals surface area contributed by atoms with Gasteiger partial charge in [-0.25, -0.2) is 0 Å². The molecular formula is C15H14F3NO. The van der Waals surface area contributed by atoms with E-state index in [4.69, 9.17) is 0 Å². The molecule has 0 aliphatic heterocycles. The lowest BCUT2D eigenvalue weighted by molar-refractivity contribution is -0.274. The van der Waals surface area contributed by atoms with Crippen molar-refractivity contribution in [2.45, 2.75) is 19.8 Å². The topological polar surface area (TPSA) is 21.3 Å². The van der Waals surface area contributed by atoms with Crippen LogP contribution in [0, 0.1) is 6.92 Å². The summed E-state index contributed by atoms with van der Waals surface area (Å²) in [5.41, 5.74) is 3.01. The van der Waals surface area contributed by atoms with Crippen molar-refractivity contribution in [2.24, 2.45) is 0 Å². The summed E-state index contributed by atoms with van der Waals surface area (Å²) in [6.07, 6.45) is -4.66. The second-order valence-corrected chi connectivity index (χ2v) is 4.41. The van der Waals surface area contributed by atoms with Crippen molar-refractivity contribution in [3.63, 3.8) is 0 Å². The van der Waals surface area contributed by atoms with E-state index in [-0.39, 0.29) is 5.75 Å². The second-order valence-electron chi connectivity index (χ2n) is 4.41. The van der Waals surface area contributed by atoms with Crippen LogP contribution in [-0.4, -0.2) is 6.36 Å². The predicted molar refractivity (Wildman–Crippen MR) is 71.6 cm³/mol. The molecule has 0 unspecified atom stereocenters. The van der Waals surface area contributed by atoms with Crippen LogP contribution in [-0.2, 0) is 6.54 Å². The van der Waals surface area contributed by atoms with E-state index in [0.29, 0.717) is 6.54 Å². The lowest BCUT2D eigenvalue weighted by Gasteiger charge is -2.10. The number of rotatable bonds is 4. The molecule has 0 aliphatic rings. The molecule has 2 aromatic carbocycles. The van der Waals surface area contributed by atoms with Gasteiger partial charge in [-0.15, -0.1) is 13.2 Å². The van der Waals surface area contributed by atoms with E-state index in [9.17, 15) is 13.2 Å². The molecule has 20 heavy (non-hydrogen) atoms. The molecule has 0 bridgehead atoms. The van der Waals surface area contributed by atoms with Crippen LogP contribution in [0.1, 0.15) is 11.1 Å². The largest absolute Gasteiger partial charge is 0.573 e. The SMILES string of the molecule is Cc1cccc(CNc2ccc(OC(F)(F)F)cc2)c1. The zero-order valence-electron chi connectivity index (χ0n) is 10.9. The van der Waals surface area contributed by atoms with Crippen molar-refractivity contribution in [3.8, 4) is 5.75 Å². The van der Waals surface area contributed by atoms with E-state index in [2.05, 4.69) is 10.1 Å². The molecule has 0 saturated heterocycles. The summed E-state index contributed by atoms with van der Waals surface area (Å²) in [5.74, 6) is -0.224. The lowest BCUT2D eigenvalue weighted by Crippen LogP contribution is -2.17. The van der Waals surface area contributed by atoms with Crippen molar-refractivity contribution < 1.29 is 17.9 Å². The molecule has 0 atom stereocenters. The standard InChI is InChI=1S/C15H14F3NO/c1-11-3-2-4-12(9-11)10-19-13-5-7-14(8-6-13)20-15(16,17)18/h2-9,19H,10H2,1H3. The number of alkyl halides is 3. The molecule has 1 N–H and O–H groups in total. The molecule has 0 aromatic heterocycles. The van der Waals surface area contributed by atoms with Crippen molar-refractivity contribution in [3.05, 3.63) is 59.7 Å². The van der Waals surface area contributed by atoms with Crippen LogP contribution in [0.5, 0.6) is 5.75 Å².